The van der Waals surface area contributed by atoms with E-state index < -0.39 is 66.9 Å². The van der Waals surface area contributed by atoms with E-state index in [1.807, 2.05) is 0 Å². The number of hydrogen-bond donors (Lipinski definition) is 10. The van der Waals surface area contributed by atoms with Gasteiger partial charge in [-0.2, -0.15) is 0 Å². The molecule has 0 saturated heterocycles. The third-order valence-corrected chi connectivity index (χ3v) is 5.12. The molecule has 1 aromatic carbocycles. The highest BCUT2D eigenvalue weighted by Crippen LogP contribution is 2.11. The van der Waals surface area contributed by atoms with E-state index in [4.69, 9.17) is 22.3 Å². The van der Waals surface area contributed by atoms with Crippen molar-refractivity contribution in [1.29, 1.82) is 0 Å². The van der Waals surface area contributed by atoms with E-state index in [9.17, 15) is 39.3 Å². The Balaban J connectivity index is 2.93. The van der Waals surface area contributed by atoms with Gasteiger partial charge in [0.05, 0.1) is 19.1 Å². The Morgan fingerprint density at radius 2 is 1.42 bits per heavy atom. The summed E-state index contributed by atoms with van der Waals surface area (Å²) in [4.78, 5) is 64.1. The van der Waals surface area contributed by atoms with Crippen LogP contribution < -0.4 is 33.2 Å². The van der Waals surface area contributed by atoms with Crippen LogP contribution in [0.4, 0.5) is 0 Å². The van der Waals surface area contributed by atoms with Crippen LogP contribution >= 0.6 is 0 Å². The highest BCUT2D eigenvalue weighted by Gasteiger charge is 2.30. The molecule has 1 rings (SSSR count). The molecule has 0 aliphatic rings. The molecule has 0 aliphatic carbocycles. The van der Waals surface area contributed by atoms with Gasteiger partial charge in [-0.1, -0.05) is 12.1 Å². The molecule has 0 saturated carbocycles. The number of carboxylic acid groups (broad SMARTS) is 2. The molecule has 16 heteroatoms. The average Bonchev–Trinajstić information content (AvgIpc) is 2.84. The van der Waals surface area contributed by atoms with E-state index in [2.05, 4.69) is 20.9 Å². The molecule has 210 valence electrons. The second-order valence-corrected chi connectivity index (χ2v) is 8.23. The van der Waals surface area contributed by atoms with Crippen LogP contribution in [-0.2, 0) is 30.4 Å². The molecule has 0 radical (unpaired) electrons. The summed E-state index contributed by atoms with van der Waals surface area (Å²) < 4.78 is 0. The van der Waals surface area contributed by atoms with Crippen LogP contribution in [-0.4, -0.2) is 93.4 Å². The van der Waals surface area contributed by atoms with E-state index in [1.165, 1.54) is 24.3 Å². The SMILES string of the molecule is NC(N)=NCCCC(NC(=O)C(N)CC(=O)O)C(=O)NC(CO)C(=O)NC(Cc1ccc(O)cc1)C(=O)O. The Hall–Kier alpha value is -4.44. The number of phenolic OH excluding ortho intramolecular Hbond substituents is 1. The number of carboxylic acids is 2. The predicted molar refractivity (Wildman–Crippen MR) is 132 cm³/mol. The average molecular weight is 540 g/mol. The van der Waals surface area contributed by atoms with E-state index in [1.54, 1.807) is 0 Å². The number of nitrogens with two attached hydrogens (primary N) is 3. The number of nitrogens with zero attached hydrogens (tertiary/aromatic N) is 1. The van der Waals surface area contributed by atoms with E-state index in [0.29, 0.717) is 5.56 Å². The summed E-state index contributed by atoms with van der Waals surface area (Å²) in [6, 6.07) is -0.176. The van der Waals surface area contributed by atoms with Crippen LogP contribution in [0.2, 0.25) is 0 Å². The zero-order valence-electron chi connectivity index (χ0n) is 20.4. The first kappa shape index (κ1) is 31.6. The number of amides is 3. The highest BCUT2D eigenvalue weighted by molar-refractivity contribution is 5.94. The summed E-state index contributed by atoms with van der Waals surface area (Å²) >= 11 is 0. The van der Waals surface area contributed by atoms with Gasteiger partial charge in [-0.3, -0.25) is 24.2 Å². The second kappa shape index (κ2) is 15.6. The zero-order chi connectivity index (χ0) is 28.8. The van der Waals surface area contributed by atoms with Crippen molar-refractivity contribution in [2.75, 3.05) is 13.2 Å². The number of carbonyl (C=O) groups excluding carboxylic acids is 3. The van der Waals surface area contributed by atoms with Crippen LogP contribution in [0.15, 0.2) is 29.3 Å². The number of benzene rings is 1. The molecule has 38 heavy (non-hydrogen) atoms. The minimum absolute atomic E-state index is 0.0309. The van der Waals surface area contributed by atoms with Gasteiger partial charge in [0, 0.05) is 13.0 Å². The van der Waals surface area contributed by atoms with Crippen LogP contribution in [0.3, 0.4) is 0 Å². The Bertz CT molecular complexity index is 1010. The number of nitrogens with one attached hydrogen (secondary N) is 3. The molecule has 0 bridgehead atoms. The molecule has 13 N–H and O–H groups in total. The van der Waals surface area contributed by atoms with Crippen LogP contribution in [0.5, 0.6) is 5.75 Å². The fraction of sp³-hybridized carbons (Fsp3) is 0.455. The second-order valence-electron chi connectivity index (χ2n) is 8.23. The van der Waals surface area contributed by atoms with E-state index in [-0.39, 0.29) is 37.5 Å². The molecular weight excluding hydrogens is 506 g/mol. The van der Waals surface area contributed by atoms with Gasteiger partial charge < -0.3 is 53.6 Å². The van der Waals surface area contributed by atoms with Crippen molar-refractivity contribution in [2.24, 2.45) is 22.2 Å². The third-order valence-electron chi connectivity index (χ3n) is 5.12. The number of aliphatic hydroxyl groups is 1. The van der Waals surface area contributed by atoms with Gasteiger partial charge in [-0.15, -0.1) is 0 Å². The van der Waals surface area contributed by atoms with Crippen LogP contribution in [0.1, 0.15) is 24.8 Å². The lowest BCUT2D eigenvalue weighted by Crippen LogP contribution is -2.58. The van der Waals surface area contributed by atoms with Crippen molar-refractivity contribution >= 4 is 35.6 Å². The maximum absolute atomic E-state index is 12.9. The maximum atomic E-state index is 12.9. The molecule has 0 aliphatic heterocycles. The van der Waals surface area contributed by atoms with Crippen molar-refractivity contribution in [1.82, 2.24) is 16.0 Å². The Morgan fingerprint density at radius 3 is 1.95 bits per heavy atom. The molecule has 4 unspecified atom stereocenters. The number of hydrogen-bond acceptors (Lipinski definition) is 9. The first-order chi connectivity index (χ1) is 17.8. The summed E-state index contributed by atoms with van der Waals surface area (Å²) in [6.45, 7) is -0.819. The molecule has 0 aromatic heterocycles. The Morgan fingerprint density at radius 1 is 0.868 bits per heavy atom. The monoisotopic (exact) mass is 539 g/mol. The molecule has 4 atom stereocenters. The normalized spacial score (nSPS) is 13.7. The van der Waals surface area contributed by atoms with Gasteiger partial charge in [0.15, 0.2) is 5.96 Å². The Kier molecular flexibility index (Phi) is 13.0. The molecule has 0 spiro atoms. The molecule has 1 aromatic rings. The molecule has 3 amide bonds. The molecular formula is C22H33N7O9. The summed E-state index contributed by atoms with van der Waals surface area (Å²) in [5.41, 5.74) is 16.5. The van der Waals surface area contributed by atoms with Crippen molar-refractivity contribution in [3.8, 4) is 5.75 Å². The van der Waals surface area contributed by atoms with Crippen LogP contribution in [0.25, 0.3) is 0 Å². The number of aliphatic imine (C=N–C) groups is 1. The molecule has 0 heterocycles. The summed E-state index contributed by atoms with van der Waals surface area (Å²) in [6.07, 6.45) is -0.716. The molecule has 16 nitrogen and oxygen atoms in total. The number of phenols is 1. The number of carbonyl (C=O) groups is 5. The lowest BCUT2D eigenvalue weighted by atomic mass is 10.1. The van der Waals surface area contributed by atoms with Crippen molar-refractivity contribution < 1.29 is 44.4 Å². The van der Waals surface area contributed by atoms with Crippen molar-refractivity contribution in [3.63, 3.8) is 0 Å². The maximum Gasteiger partial charge on any atom is 0.326 e. The van der Waals surface area contributed by atoms with E-state index in [0.717, 1.165) is 0 Å². The van der Waals surface area contributed by atoms with Gasteiger partial charge >= 0.3 is 11.9 Å². The number of rotatable bonds is 16. The van der Waals surface area contributed by atoms with Gasteiger partial charge in [0.25, 0.3) is 0 Å². The van der Waals surface area contributed by atoms with Gasteiger partial charge in [0.1, 0.15) is 23.9 Å². The van der Waals surface area contributed by atoms with Crippen LogP contribution in [0, 0.1) is 0 Å². The third kappa shape index (κ3) is 11.5. The fourth-order valence-electron chi connectivity index (χ4n) is 3.14. The lowest BCUT2D eigenvalue weighted by Gasteiger charge is -2.24. The first-order valence-corrected chi connectivity index (χ1v) is 11.4. The summed E-state index contributed by atoms with van der Waals surface area (Å²) in [7, 11) is 0. The zero-order valence-corrected chi connectivity index (χ0v) is 20.4. The number of guanidine groups is 1. The summed E-state index contributed by atoms with van der Waals surface area (Å²) in [5, 5.41) is 44.1. The largest absolute Gasteiger partial charge is 0.508 e. The number of aliphatic hydroxyl groups excluding tert-OH is 1. The predicted octanol–water partition coefficient (Wildman–Crippen LogP) is -3.68. The molecule has 0 fully saturated rings. The quantitative estimate of drug-likeness (QED) is 0.0552. The summed E-state index contributed by atoms with van der Waals surface area (Å²) in [5.74, 6) is -5.83. The highest BCUT2D eigenvalue weighted by atomic mass is 16.4. The minimum Gasteiger partial charge on any atom is -0.508 e. The van der Waals surface area contributed by atoms with Gasteiger partial charge in [-0.05, 0) is 30.5 Å². The smallest absolute Gasteiger partial charge is 0.326 e. The fourth-order valence-corrected chi connectivity index (χ4v) is 3.14. The number of aromatic hydroxyl groups is 1. The van der Waals surface area contributed by atoms with Gasteiger partial charge in [-0.25, -0.2) is 4.79 Å². The minimum atomic E-state index is -1.59. The van der Waals surface area contributed by atoms with Gasteiger partial charge in [0.2, 0.25) is 17.7 Å². The lowest BCUT2D eigenvalue weighted by molar-refractivity contribution is -0.142. The standard InChI is InChI=1S/C22H33N7O9/c23-13(9-17(32)33)18(34)27-14(2-1-7-26-22(24)25)19(35)29-16(10-30)20(36)28-15(21(37)38)8-11-3-5-12(31)6-4-11/h3-6,13-16,30-31H,1-2,7-10,23H2,(H,27,34)(H,28,36)(H,29,35)(H,32,33)(H,37,38)(H4,24,25,26). The van der Waals surface area contributed by atoms with Crippen molar-refractivity contribution in [2.45, 2.75) is 49.9 Å². The van der Waals surface area contributed by atoms with Crippen molar-refractivity contribution in [3.05, 3.63) is 29.8 Å². The topological polar surface area (TPSA) is 293 Å². The number of aliphatic carboxylic acids is 2. The first-order valence-electron chi connectivity index (χ1n) is 11.4. The Labute approximate surface area is 217 Å². The van der Waals surface area contributed by atoms with E-state index >= 15 is 0 Å².